The van der Waals surface area contributed by atoms with Crippen molar-refractivity contribution in [2.45, 2.75) is 84.0 Å². The van der Waals surface area contributed by atoms with Crippen LogP contribution in [0.3, 0.4) is 0 Å². The number of hydrogen-bond donors (Lipinski definition) is 4. The van der Waals surface area contributed by atoms with Gasteiger partial charge in [-0.1, -0.05) is 13.8 Å². The Morgan fingerprint density at radius 2 is 1.91 bits per heavy atom. The van der Waals surface area contributed by atoms with Gasteiger partial charge in [-0.2, -0.15) is 0 Å². The number of hydrogen-bond acceptors (Lipinski definition) is 8. The van der Waals surface area contributed by atoms with Gasteiger partial charge in [-0.05, 0) is 85.0 Å². The molecule has 2 heterocycles. The van der Waals surface area contributed by atoms with Gasteiger partial charge in [0.25, 0.3) is 0 Å². The van der Waals surface area contributed by atoms with Crippen molar-refractivity contribution in [3.63, 3.8) is 0 Å². The zero-order chi connectivity index (χ0) is 30.5. The van der Waals surface area contributed by atoms with Crippen molar-refractivity contribution in [3.05, 3.63) is 11.6 Å². The number of piperazine rings is 1. The summed E-state index contributed by atoms with van der Waals surface area (Å²) in [6, 6.07) is -0.602. The van der Waals surface area contributed by atoms with Gasteiger partial charge in [0.1, 0.15) is 12.7 Å². The number of carbonyl (C=O) groups excluding carboxylic acids is 4. The van der Waals surface area contributed by atoms with Crippen LogP contribution in [-0.4, -0.2) is 91.5 Å². The molecule has 1 unspecified atom stereocenters. The fourth-order valence-electron chi connectivity index (χ4n) is 10.4. The summed E-state index contributed by atoms with van der Waals surface area (Å²) in [5.74, 6) is 0.777. The van der Waals surface area contributed by atoms with E-state index in [0.717, 1.165) is 50.6 Å². The number of esters is 2. The van der Waals surface area contributed by atoms with Crippen LogP contribution in [0.4, 0.5) is 4.79 Å². The summed E-state index contributed by atoms with van der Waals surface area (Å²) in [5.41, 5.74) is 0.830. The number of urea groups is 1. The molecule has 0 radical (unpaired) electrons. The van der Waals surface area contributed by atoms with Crippen LogP contribution in [0.15, 0.2) is 11.6 Å². The fourth-order valence-corrected chi connectivity index (χ4v) is 10.4. The van der Waals surface area contributed by atoms with Gasteiger partial charge in [-0.25, -0.2) is 9.59 Å². The second kappa shape index (κ2) is 11.7. The van der Waals surface area contributed by atoms with Gasteiger partial charge in [0.15, 0.2) is 0 Å². The van der Waals surface area contributed by atoms with Crippen molar-refractivity contribution >= 4 is 23.9 Å². The lowest BCUT2D eigenvalue weighted by Gasteiger charge is -2.62. The van der Waals surface area contributed by atoms with Gasteiger partial charge in [0, 0.05) is 45.1 Å². The second-order valence-corrected chi connectivity index (χ2v) is 14.4. The molecule has 10 atom stereocenters. The average molecular weight is 601 g/mol. The molecule has 3 amide bonds. The van der Waals surface area contributed by atoms with E-state index in [1.807, 2.05) is 0 Å². The number of cyclic esters (lactones) is 1. The van der Waals surface area contributed by atoms with E-state index in [1.165, 1.54) is 6.92 Å². The molecule has 6 rings (SSSR count). The van der Waals surface area contributed by atoms with E-state index in [-0.39, 0.29) is 65.3 Å². The summed E-state index contributed by atoms with van der Waals surface area (Å²) < 4.78 is 11.2. The first-order valence-electron chi connectivity index (χ1n) is 16.3. The van der Waals surface area contributed by atoms with Gasteiger partial charge >= 0.3 is 18.0 Å². The Morgan fingerprint density at radius 1 is 1.12 bits per heavy atom. The van der Waals surface area contributed by atoms with E-state index in [9.17, 15) is 24.3 Å². The number of fused-ring (bicyclic) bond motifs is 5. The highest BCUT2D eigenvalue weighted by Crippen LogP contribution is 2.68. The van der Waals surface area contributed by atoms with Crippen LogP contribution in [0.25, 0.3) is 0 Å². The Bertz CT molecular complexity index is 1180. The largest absolute Gasteiger partial charge is 0.462 e. The third kappa shape index (κ3) is 5.45. The summed E-state index contributed by atoms with van der Waals surface area (Å²) in [7, 11) is 0. The number of carbonyl (C=O) groups is 4. The zero-order valence-corrected chi connectivity index (χ0v) is 25.7. The maximum atomic E-state index is 12.8. The first-order valence-corrected chi connectivity index (χ1v) is 16.3. The molecule has 4 N–H and O–H groups in total. The molecule has 0 aromatic rings. The van der Waals surface area contributed by atoms with E-state index in [0.29, 0.717) is 50.4 Å². The average Bonchev–Trinajstić information content (AvgIpc) is 3.50. The van der Waals surface area contributed by atoms with Crippen LogP contribution in [0.5, 0.6) is 0 Å². The fraction of sp³-hybridized carbons (Fsp3) is 0.812. The molecule has 11 nitrogen and oxygen atoms in total. The summed E-state index contributed by atoms with van der Waals surface area (Å²) in [5, 5.41) is 20.6. The molecular formula is C32H48N4O7. The van der Waals surface area contributed by atoms with Gasteiger partial charge in [0.2, 0.25) is 5.91 Å². The minimum atomic E-state index is -0.620. The molecule has 1 saturated heterocycles. The second-order valence-electron chi connectivity index (χ2n) is 14.4. The SMILES string of the molecule is CC(=O)O[C@H]1C[C@H]2[C@@H]3CC[C@H]4C(O)[C@@H](NC(=O)NCCN5CCNCC5=O)CC[C@@]4(C)[C@H]3CC[C@@]2(C)[C@@H]1C1=CC(=O)OC1. The lowest BCUT2D eigenvalue weighted by atomic mass is 9.44. The van der Waals surface area contributed by atoms with Crippen LogP contribution in [-0.2, 0) is 23.9 Å². The number of ether oxygens (including phenoxy) is 2. The molecule has 0 bridgehead atoms. The highest BCUT2D eigenvalue weighted by Gasteiger charge is 2.64. The minimum absolute atomic E-state index is 0.0203. The number of aliphatic hydroxyl groups is 1. The van der Waals surface area contributed by atoms with Crippen LogP contribution < -0.4 is 16.0 Å². The standard InChI is InChI=1S/C32H48N4O7/c1-18(37)43-25-15-23-20-4-5-22-29(40)24(35-30(41)34-11-13-36-12-10-33-16-26(36)38)7-9-31(22,2)21(20)6-8-32(23,3)28(25)19-14-27(39)42-17-19/h14,20-25,28-29,33,40H,4-13,15-17H2,1-3H3,(H2,34,35,41)/t20-,21+,22+,23+,24+,25+,28-,29?,31+,32-/m1/s1. The van der Waals surface area contributed by atoms with Crippen LogP contribution in [0.1, 0.15) is 65.7 Å². The van der Waals surface area contributed by atoms with Crippen LogP contribution >= 0.6 is 0 Å². The molecule has 4 saturated carbocycles. The first-order chi connectivity index (χ1) is 20.5. The van der Waals surface area contributed by atoms with Crippen LogP contribution in [0, 0.1) is 40.4 Å². The Balaban J connectivity index is 1.11. The highest BCUT2D eigenvalue weighted by molar-refractivity contribution is 5.85. The number of nitrogens with zero attached hydrogens (tertiary/aromatic N) is 1. The number of rotatable bonds is 6. The molecule has 5 fully saturated rings. The number of aliphatic hydroxyl groups excluding tert-OH is 1. The predicted molar refractivity (Wildman–Crippen MR) is 156 cm³/mol. The van der Waals surface area contributed by atoms with Crippen molar-refractivity contribution in [3.8, 4) is 0 Å². The lowest BCUT2D eigenvalue weighted by molar-refractivity contribution is -0.150. The van der Waals surface area contributed by atoms with Gasteiger partial charge < -0.3 is 35.4 Å². The topological polar surface area (TPSA) is 146 Å². The van der Waals surface area contributed by atoms with Crippen molar-refractivity contribution in [1.82, 2.24) is 20.9 Å². The third-order valence-electron chi connectivity index (χ3n) is 12.3. The Hall–Kier alpha value is -2.66. The highest BCUT2D eigenvalue weighted by atomic mass is 16.5. The number of nitrogens with one attached hydrogen (secondary N) is 3. The van der Waals surface area contributed by atoms with Crippen molar-refractivity contribution in [2.75, 3.05) is 39.3 Å². The lowest BCUT2D eigenvalue weighted by Crippen LogP contribution is -2.61. The Kier molecular flexibility index (Phi) is 8.25. The van der Waals surface area contributed by atoms with E-state index >= 15 is 0 Å². The first kappa shape index (κ1) is 30.4. The molecule has 11 heteroatoms. The van der Waals surface area contributed by atoms with E-state index < -0.39 is 6.10 Å². The third-order valence-corrected chi connectivity index (χ3v) is 12.3. The molecule has 0 aromatic heterocycles. The molecule has 2 aliphatic heterocycles. The molecule has 4 aliphatic carbocycles. The van der Waals surface area contributed by atoms with E-state index in [2.05, 4.69) is 29.8 Å². The summed E-state index contributed by atoms with van der Waals surface area (Å²) in [6.45, 7) is 9.00. The quantitative estimate of drug-likeness (QED) is 0.338. The Morgan fingerprint density at radius 3 is 2.63 bits per heavy atom. The number of amides is 3. The maximum absolute atomic E-state index is 12.8. The van der Waals surface area contributed by atoms with E-state index in [1.54, 1.807) is 11.0 Å². The monoisotopic (exact) mass is 600 g/mol. The van der Waals surface area contributed by atoms with E-state index in [4.69, 9.17) is 9.47 Å². The van der Waals surface area contributed by atoms with Gasteiger partial charge in [-0.15, -0.1) is 0 Å². The van der Waals surface area contributed by atoms with Crippen molar-refractivity contribution < 1.29 is 33.8 Å². The molecule has 6 aliphatic rings. The smallest absolute Gasteiger partial charge is 0.331 e. The predicted octanol–water partition coefficient (Wildman–Crippen LogP) is 1.74. The normalized spacial score (nSPS) is 42.2. The van der Waals surface area contributed by atoms with Gasteiger partial charge in [0.05, 0.1) is 18.7 Å². The summed E-state index contributed by atoms with van der Waals surface area (Å²) in [6.07, 6.45) is 7.08. The summed E-state index contributed by atoms with van der Waals surface area (Å²) >= 11 is 0. The maximum Gasteiger partial charge on any atom is 0.331 e. The Labute approximate surface area is 253 Å². The van der Waals surface area contributed by atoms with Crippen LogP contribution in [0.2, 0.25) is 0 Å². The molecular weight excluding hydrogens is 552 g/mol. The van der Waals surface area contributed by atoms with Crippen molar-refractivity contribution in [2.24, 2.45) is 40.4 Å². The molecule has 43 heavy (non-hydrogen) atoms. The molecule has 0 aromatic carbocycles. The zero-order valence-electron chi connectivity index (χ0n) is 25.7. The van der Waals surface area contributed by atoms with Gasteiger partial charge in [-0.3, -0.25) is 9.59 Å². The molecule has 0 spiro atoms. The minimum Gasteiger partial charge on any atom is -0.462 e. The summed E-state index contributed by atoms with van der Waals surface area (Å²) in [4.78, 5) is 50.6. The van der Waals surface area contributed by atoms with Crippen molar-refractivity contribution in [1.29, 1.82) is 0 Å². The molecule has 238 valence electrons.